The number of ether oxygens (including phenoxy) is 3. The summed E-state index contributed by atoms with van der Waals surface area (Å²) < 4.78 is 15.9. The van der Waals surface area contributed by atoms with Crippen molar-refractivity contribution in [2.75, 3.05) is 28.4 Å². The first kappa shape index (κ1) is 20.9. The topological polar surface area (TPSA) is 48.0 Å². The molecule has 0 atom stereocenters. The van der Waals surface area contributed by atoms with E-state index in [-0.39, 0.29) is 5.91 Å². The average molecular weight is 410 g/mol. The molecular weight excluding hydrogens is 389 g/mol. The monoisotopic (exact) mass is 409 g/mol. The van der Waals surface area contributed by atoms with E-state index in [0.29, 0.717) is 33.8 Å². The number of carbonyl (C=O) groups is 1. The van der Waals surface area contributed by atoms with E-state index in [2.05, 4.69) is 0 Å². The first-order chi connectivity index (χ1) is 12.9. The van der Waals surface area contributed by atoms with Gasteiger partial charge in [-0.1, -0.05) is 29.3 Å². The second kappa shape index (κ2) is 9.53. The van der Waals surface area contributed by atoms with Gasteiger partial charge in [-0.2, -0.15) is 0 Å². The number of carbonyl (C=O) groups excluding carboxylic acids is 1. The molecule has 0 aliphatic carbocycles. The van der Waals surface area contributed by atoms with Gasteiger partial charge in [-0.25, -0.2) is 0 Å². The SMILES string of the molecule is COc1cc(/C=C/C(=O)N(C)Cc2ccc(Cl)cc2Cl)cc(OC)c1OC. The lowest BCUT2D eigenvalue weighted by Gasteiger charge is -2.16. The molecule has 0 heterocycles. The number of methoxy groups -OCH3 is 3. The minimum absolute atomic E-state index is 0.172. The lowest BCUT2D eigenvalue weighted by atomic mass is 10.1. The van der Waals surface area contributed by atoms with E-state index < -0.39 is 0 Å². The highest BCUT2D eigenvalue weighted by atomic mass is 35.5. The maximum absolute atomic E-state index is 12.4. The van der Waals surface area contributed by atoms with Crippen molar-refractivity contribution in [3.63, 3.8) is 0 Å². The first-order valence-corrected chi connectivity index (χ1v) is 8.82. The molecule has 0 radical (unpaired) electrons. The molecule has 0 fully saturated rings. The van der Waals surface area contributed by atoms with Crippen molar-refractivity contribution in [2.24, 2.45) is 0 Å². The van der Waals surface area contributed by atoms with Gasteiger partial charge in [0.15, 0.2) is 11.5 Å². The fourth-order valence-corrected chi connectivity index (χ4v) is 2.94. The standard InChI is InChI=1S/C20H21Cl2NO4/c1-23(12-14-6-7-15(21)11-16(14)22)19(24)8-5-13-9-17(25-2)20(27-4)18(10-13)26-3/h5-11H,12H2,1-4H3/b8-5+. The predicted molar refractivity (Wildman–Crippen MR) is 108 cm³/mol. The zero-order valence-corrected chi connectivity index (χ0v) is 17.1. The molecule has 0 unspecified atom stereocenters. The summed E-state index contributed by atoms with van der Waals surface area (Å²) in [7, 11) is 6.32. The minimum Gasteiger partial charge on any atom is -0.493 e. The van der Waals surface area contributed by atoms with Crippen LogP contribution in [0.1, 0.15) is 11.1 Å². The number of halogens is 2. The maximum Gasteiger partial charge on any atom is 0.246 e. The molecule has 0 aromatic heterocycles. The molecule has 2 rings (SSSR count). The van der Waals surface area contributed by atoms with Crippen molar-refractivity contribution in [1.29, 1.82) is 0 Å². The van der Waals surface area contributed by atoms with E-state index in [9.17, 15) is 4.79 Å². The Balaban J connectivity index is 2.15. The van der Waals surface area contributed by atoms with Crippen LogP contribution in [0.15, 0.2) is 36.4 Å². The van der Waals surface area contributed by atoms with Crippen LogP contribution in [-0.4, -0.2) is 39.2 Å². The van der Waals surface area contributed by atoms with Crippen molar-refractivity contribution in [3.05, 3.63) is 57.6 Å². The van der Waals surface area contributed by atoms with Gasteiger partial charge in [0.2, 0.25) is 11.7 Å². The fraction of sp³-hybridized carbons (Fsp3) is 0.250. The van der Waals surface area contributed by atoms with E-state index in [1.165, 1.54) is 13.2 Å². The second-order valence-electron chi connectivity index (χ2n) is 5.72. The van der Waals surface area contributed by atoms with Gasteiger partial charge >= 0.3 is 0 Å². The second-order valence-corrected chi connectivity index (χ2v) is 6.57. The Morgan fingerprint density at radius 2 is 1.67 bits per heavy atom. The molecule has 0 bridgehead atoms. The van der Waals surface area contributed by atoms with Gasteiger partial charge < -0.3 is 19.1 Å². The third kappa shape index (κ3) is 5.31. The Hall–Kier alpha value is -2.37. The number of benzene rings is 2. The molecule has 2 aromatic rings. The Morgan fingerprint density at radius 1 is 1.04 bits per heavy atom. The van der Waals surface area contributed by atoms with E-state index in [1.807, 2.05) is 0 Å². The first-order valence-electron chi connectivity index (χ1n) is 8.06. The van der Waals surface area contributed by atoms with Crippen molar-refractivity contribution >= 4 is 35.2 Å². The molecule has 1 amide bonds. The zero-order valence-electron chi connectivity index (χ0n) is 15.6. The molecule has 27 heavy (non-hydrogen) atoms. The lowest BCUT2D eigenvalue weighted by Crippen LogP contribution is -2.24. The number of likely N-dealkylation sites (N-methyl/N-ethyl adjacent to an activating group) is 1. The zero-order chi connectivity index (χ0) is 20.0. The molecule has 0 aliphatic rings. The number of hydrogen-bond donors (Lipinski definition) is 0. The van der Waals surface area contributed by atoms with Crippen LogP contribution >= 0.6 is 23.2 Å². The van der Waals surface area contributed by atoms with Crippen LogP contribution in [0, 0.1) is 0 Å². The van der Waals surface area contributed by atoms with Crippen molar-refractivity contribution in [3.8, 4) is 17.2 Å². The molecule has 0 saturated heterocycles. The van der Waals surface area contributed by atoms with Crippen molar-refractivity contribution < 1.29 is 19.0 Å². The maximum atomic E-state index is 12.4. The average Bonchev–Trinajstić information content (AvgIpc) is 2.66. The molecule has 144 valence electrons. The van der Waals surface area contributed by atoms with Crippen LogP contribution in [0.3, 0.4) is 0 Å². The van der Waals surface area contributed by atoms with Gasteiger partial charge in [-0.3, -0.25) is 4.79 Å². The highest BCUT2D eigenvalue weighted by Crippen LogP contribution is 2.38. The largest absolute Gasteiger partial charge is 0.493 e. The van der Waals surface area contributed by atoms with Gasteiger partial charge in [0.25, 0.3) is 0 Å². The summed E-state index contributed by atoms with van der Waals surface area (Å²) in [6.07, 6.45) is 3.16. The van der Waals surface area contributed by atoms with E-state index in [1.54, 1.807) is 62.6 Å². The van der Waals surface area contributed by atoms with E-state index in [4.69, 9.17) is 37.4 Å². The third-order valence-electron chi connectivity index (χ3n) is 3.90. The highest BCUT2D eigenvalue weighted by Gasteiger charge is 2.13. The van der Waals surface area contributed by atoms with Gasteiger partial charge in [0, 0.05) is 29.7 Å². The smallest absolute Gasteiger partial charge is 0.246 e. The molecule has 0 spiro atoms. The number of rotatable bonds is 7. The number of amides is 1. The Morgan fingerprint density at radius 3 is 2.19 bits per heavy atom. The Kier molecular flexibility index (Phi) is 7.39. The predicted octanol–water partition coefficient (Wildman–Crippen LogP) is 4.69. The summed E-state index contributed by atoms with van der Waals surface area (Å²) in [6, 6.07) is 8.73. The van der Waals surface area contributed by atoms with Gasteiger partial charge in [0.05, 0.1) is 21.3 Å². The summed E-state index contributed by atoms with van der Waals surface area (Å²) in [5.74, 6) is 1.36. The summed E-state index contributed by atoms with van der Waals surface area (Å²) in [5, 5.41) is 1.08. The number of hydrogen-bond acceptors (Lipinski definition) is 4. The molecular formula is C20H21Cl2NO4. The normalized spacial score (nSPS) is 10.7. The van der Waals surface area contributed by atoms with Crippen molar-refractivity contribution in [2.45, 2.75) is 6.54 Å². The fourth-order valence-electron chi connectivity index (χ4n) is 2.48. The molecule has 2 aromatic carbocycles. The van der Waals surface area contributed by atoms with Gasteiger partial charge in [-0.15, -0.1) is 0 Å². The van der Waals surface area contributed by atoms with Crippen LogP contribution in [-0.2, 0) is 11.3 Å². The molecule has 5 nitrogen and oxygen atoms in total. The molecule has 0 saturated carbocycles. The molecule has 0 N–H and O–H groups in total. The third-order valence-corrected chi connectivity index (χ3v) is 4.49. The minimum atomic E-state index is -0.172. The van der Waals surface area contributed by atoms with Crippen LogP contribution in [0.4, 0.5) is 0 Å². The summed E-state index contributed by atoms with van der Waals surface area (Å²) in [6.45, 7) is 0.369. The summed E-state index contributed by atoms with van der Waals surface area (Å²) in [5.41, 5.74) is 1.56. The quantitative estimate of drug-likeness (QED) is 0.622. The van der Waals surface area contributed by atoms with E-state index in [0.717, 1.165) is 11.1 Å². The molecule has 7 heteroatoms. The van der Waals surface area contributed by atoms with Crippen LogP contribution in [0.2, 0.25) is 10.0 Å². The van der Waals surface area contributed by atoms with E-state index >= 15 is 0 Å². The Bertz CT molecular complexity index is 827. The van der Waals surface area contributed by atoms with Gasteiger partial charge in [0.1, 0.15) is 0 Å². The summed E-state index contributed by atoms with van der Waals surface area (Å²) in [4.78, 5) is 14.0. The molecule has 0 aliphatic heterocycles. The van der Waals surface area contributed by atoms with Gasteiger partial charge in [-0.05, 0) is 41.5 Å². The highest BCUT2D eigenvalue weighted by molar-refractivity contribution is 6.35. The lowest BCUT2D eigenvalue weighted by molar-refractivity contribution is -0.125. The summed E-state index contributed by atoms with van der Waals surface area (Å²) >= 11 is 12.1. The number of nitrogens with zero attached hydrogens (tertiary/aromatic N) is 1. The van der Waals surface area contributed by atoms with Crippen LogP contribution in [0.25, 0.3) is 6.08 Å². The van der Waals surface area contributed by atoms with Crippen LogP contribution < -0.4 is 14.2 Å². The van der Waals surface area contributed by atoms with Crippen molar-refractivity contribution in [1.82, 2.24) is 4.90 Å². The Labute approximate surface area is 169 Å². The van der Waals surface area contributed by atoms with Crippen LogP contribution in [0.5, 0.6) is 17.2 Å².